The minimum absolute atomic E-state index is 0. The van der Waals surface area contributed by atoms with Crippen molar-refractivity contribution < 1.29 is 25.8 Å². The number of nitrogens with zero attached hydrogens (tertiary/aromatic N) is 4. The van der Waals surface area contributed by atoms with E-state index in [-0.39, 0.29) is 31.9 Å². The van der Waals surface area contributed by atoms with Gasteiger partial charge < -0.3 is 19.1 Å². The monoisotopic (exact) mass is 986 g/mol. The topological polar surface area (TPSA) is 33.5 Å². The molecule has 9 aromatic rings. The van der Waals surface area contributed by atoms with E-state index in [1.165, 1.54) is 22.3 Å². The Morgan fingerprint density at radius 2 is 1.24 bits per heavy atom. The molecule has 0 saturated carbocycles. The van der Waals surface area contributed by atoms with Crippen molar-refractivity contribution in [2.24, 2.45) is 0 Å². The van der Waals surface area contributed by atoms with Crippen LogP contribution in [-0.4, -0.2) is 9.55 Å². The van der Waals surface area contributed by atoms with Crippen molar-refractivity contribution in [1.29, 1.82) is 0 Å². The molecule has 0 amide bonds. The Bertz CT molecular complexity index is 3080. The van der Waals surface area contributed by atoms with E-state index in [9.17, 15) is 0 Å². The van der Waals surface area contributed by atoms with Crippen LogP contribution in [0.3, 0.4) is 0 Å². The van der Waals surface area contributed by atoms with Gasteiger partial charge in [-0.1, -0.05) is 138 Å². The minimum atomic E-state index is -0.0227. The number of aromatic nitrogens is 2. The van der Waals surface area contributed by atoms with E-state index in [0.29, 0.717) is 11.5 Å². The maximum absolute atomic E-state index is 6.65. The molecule has 0 atom stereocenters. The number of anilines is 4. The summed E-state index contributed by atoms with van der Waals surface area (Å²) in [5.74, 6) is 2.05. The van der Waals surface area contributed by atoms with E-state index in [4.69, 9.17) is 9.72 Å². The van der Waals surface area contributed by atoms with Crippen molar-refractivity contribution in [1.82, 2.24) is 9.55 Å². The Labute approximate surface area is 379 Å². The molecule has 1 aliphatic rings. The maximum atomic E-state index is 6.65. The van der Waals surface area contributed by atoms with E-state index < -0.39 is 0 Å². The van der Waals surface area contributed by atoms with Crippen LogP contribution < -0.4 is 14.5 Å². The average molecular weight is 987 g/mol. The van der Waals surface area contributed by atoms with Crippen LogP contribution in [-0.2, 0) is 31.9 Å². The fraction of sp³-hybridized carbons (Fsp3) is 0.143. The predicted octanol–water partition coefficient (Wildman–Crippen LogP) is 14.9. The van der Waals surface area contributed by atoms with E-state index in [0.717, 1.165) is 61.5 Å². The first-order chi connectivity index (χ1) is 29.5. The van der Waals surface area contributed by atoms with E-state index in [2.05, 4.69) is 220 Å². The Balaban J connectivity index is 0.00000490. The zero-order valence-electron chi connectivity index (χ0n) is 35.8. The van der Waals surface area contributed by atoms with Gasteiger partial charge in [-0.05, 0) is 86.5 Å². The summed E-state index contributed by atoms with van der Waals surface area (Å²) in [5.41, 5.74) is 13.2. The molecule has 3 heterocycles. The molecular weight excluding hydrogens is 940 g/mol. The van der Waals surface area contributed by atoms with Crippen molar-refractivity contribution in [3.63, 3.8) is 0 Å². The van der Waals surface area contributed by atoms with Gasteiger partial charge in [-0.3, -0.25) is 0 Å². The quantitative estimate of drug-likeness (QED) is 0.149. The molecule has 0 saturated heterocycles. The van der Waals surface area contributed by atoms with E-state index in [1.807, 2.05) is 24.4 Å². The first kappa shape index (κ1) is 41.0. The smallest absolute Gasteiger partial charge is 0.135 e. The molecule has 7 aromatic carbocycles. The average Bonchev–Trinajstić information content (AvgIpc) is 3.83. The van der Waals surface area contributed by atoms with Gasteiger partial charge in [-0.2, -0.15) is 12.1 Å². The zero-order valence-corrected chi connectivity index (χ0v) is 38.0. The third-order valence-electron chi connectivity index (χ3n) is 11.6. The molecular formula is C56H47N4OPt-3. The molecule has 1 aliphatic heterocycles. The summed E-state index contributed by atoms with van der Waals surface area (Å²) >= 11 is 0. The number of hydrogen-bond donors (Lipinski definition) is 0. The summed E-state index contributed by atoms with van der Waals surface area (Å²) in [5, 5.41) is 2.23. The molecule has 0 spiro atoms. The van der Waals surface area contributed by atoms with Gasteiger partial charge in [0, 0.05) is 66.9 Å². The summed E-state index contributed by atoms with van der Waals surface area (Å²) in [6.07, 6.45) is 1.90. The van der Waals surface area contributed by atoms with Gasteiger partial charge in [0.25, 0.3) is 0 Å². The second-order valence-corrected chi connectivity index (χ2v) is 17.9. The minimum Gasteiger partial charge on any atom is -0.509 e. The molecule has 62 heavy (non-hydrogen) atoms. The van der Waals surface area contributed by atoms with E-state index in [1.54, 1.807) is 0 Å². The number of benzene rings is 7. The third kappa shape index (κ3) is 7.60. The number of hydrogen-bond acceptors (Lipinski definition) is 4. The second-order valence-electron chi connectivity index (χ2n) is 17.9. The predicted molar refractivity (Wildman–Crippen MR) is 252 cm³/mol. The number of fused-ring (bicyclic) bond motifs is 4. The van der Waals surface area contributed by atoms with Crippen LogP contribution in [0.25, 0.3) is 49.9 Å². The van der Waals surface area contributed by atoms with Gasteiger partial charge in [0.2, 0.25) is 0 Å². The summed E-state index contributed by atoms with van der Waals surface area (Å²) in [7, 11) is 0. The number of para-hydroxylation sites is 2. The maximum Gasteiger partial charge on any atom is 0.135 e. The van der Waals surface area contributed by atoms with E-state index >= 15 is 0 Å². The largest absolute Gasteiger partial charge is 0.509 e. The Morgan fingerprint density at radius 1 is 0.548 bits per heavy atom. The van der Waals surface area contributed by atoms with Gasteiger partial charge >= 0.3 is 0 Å². The van der Waals surface area contributed by atoms with Gasteiger partial charge in [0.05, 0.1) is 0 Å². The normalized spacial score (nSPS) is 12.7. The third-order valence-corrected chi connectivity index (χ3v) is 11.6. The summed E-state index contributed by atoms with van der Waals surface area (Å²) in [4.78, 5) is 9.39. The zero-order chi connectivity index (χ0) is 41.9. The first-order valence-corrected chi connectivity index (χ1v) is 21.0. The Hall–Kier alpha value is -6.42. The molecule has 0 aliphatic carbocycles. The van der Waals surface area contributed by atoms with Crippen molar-refractivity contribution in [3.05, 3.63) is 200 Å². The second kappa shape index (κ2) is 16.1. The molecule has 310 valence electrons. The Morgan fingerprint density at radius 3 is 2.06 bits per heavy atom. The van der Waals surface area contributed by atoms with Crippen LogP contribution in [0.2, 0.25) is 0 Å². The molecule has 0 radical (unpaired) electrons. The van der Waals surface area contributed by atoms with Crippen LogP contribution in [0.1, 0.15) is 52.7 Å². The molecule has 0 unspecified atom stereocenters. The molecule has 0 N–H and O–H groups in total. The van der Waals surface area contributed by atoms with Crippen molar-refractivity contribution in [2.45, 2.75) is 52.4 Å². The Kier molecular flexibility index (Phi) is 10.7. The summed E-state index contributed by atoms with van der Waals surface area (Å²) in [6, 6.07) is 65.0. The standard InChI is InChI=1S/C56H47N4O.Pt/c1-55(2,3)41-20-13-21-43(33-41)59-37-58(51-27-15-25-47(54(51)59)40-19-12-18-39(32-40)38-16-8-7-9-17-38)44-22-14-23-45(35-44)61-46-28-29-49-48-24-10-11-26-50(48)60(52(49)36-46)53-34-42(30-31-57-53)56(4,5)6;/h7-34,37H,1-6H3;/q-3;. The molecule has 10 rings (SSSR count). The van der Waals surface area contributed by atoms with Gasteiger partial charge in [-0.15, -0.1) is 48.1 Å². The van der Waals surface area contributed by atoms with Crippen LogP contribution >= 0.6 is 0 Å². The van der Waals surface area contributed by atoms with Gasteiger partial charge in [0.15, 0.2) is 0 Å². The fourth-order valence-corrected chi connectivity index (χ4v) is 8.39. The van der Waals surface area contributed by atoms with Crippen LogP contribution in [0.5, 0.6) is 11.5 Å². The molecule has 2 aromatic heterocycles. The van der Waals surface area contributed by atoms with Crippen LogP contribution in [0.4, 0.5) is 22.7 Å². The number of rotatable bonds is 7. The fourth-order valence-electron chi connectivity index (χ4n) is 8.39. The van der Waals surface area contributed by atoms with Crippen LogP contribution in [0, 0.1) is 18.8 Å². The number of pyridine rings is 1. The summed E-state index contributed by atoms with van der Waals surface area (Å²) < 4.78 is 8.85. The first-order valence-electron chi connectivity index (χ1n) is 21.0. The number of ether oxygens (including phenoxy) is 1. The van der Waals surface area contributed by atoms with Crippen molar-refractivity contribution in [2.75, 3.05) is 9.80 Å². The van der Waals surface area contributed by atoms with Crippen molar-refractivity contribution in [3.8, 4) is 39.6 Å². The van der Waals surface area contributed by atoms with Gasteiger partial charge in [0.1, 0.15) is 5.82 Å². The molecule has 0 fully saturated rings. The van der Waals surface area contributed by atoms with Crippen molar-refractivity contribution >= 4 is 44.6 Å². The molecule has 0 bridgehead atoms. The summed E-state index contributed by atoms with van der Waals surface area (Å²) in [6.45, 7) is 15.6. The molecule has 6 heteroatoms. The van der Waals surface area contributed by atoms with Crippen LogP contribution in [0.15, 0.2) is 170 Å². The van der Waals surface area contributed by atoms with Gasteiger partial charge in [-0.25, -0.2) is 4.98 Å². The molecule has 5 nitrogen and oxygen atoms in total. The SMILES string of the molecule is CC(C)(C)c1cccc(N2[CH-]N(c3[c-]c(Oc4[c-]c5c(cc4)c4ccccc4n5-c4cc(C(C)(C)C)ccn4)ccc3)c3cccc(-c4cccc(-c5ccccc5)c4)c32)c1.[Pt].